The molecule has 65 heavy (non-hydrogen) atoms. The van der Waals surface area contributed by atoms with E-state index in [0.717, 1.165) is 106 Å². The average Bonchev–Trinajstić information content (AvgIpc) is 4.10. The van der Waals surface area contributed by atoms with Crippen molar-refractivity contribution in [3.8, 4) is 28.1 Å². The standard InChI is InChI=1S/C47H57N7O6.C2H5NO2/c1-24(2)42(52-47(57)58-7)46(56)54-26(4)9-15-39(54)45-49-36-13-11-30-20-35-33-12-10-31(19-32(33)23-59-40(35)21-34(30)43(36)51-45)37-22-48-44(50-37)38-14-8-25(3)53(38)41(55)18-29-16-27(5)60-28(6)17-29;1-5-2(3)4/h10-13,19-22,24-29,38-39,42H,8-9,14-18,23H2,1-7H3,(H,48,50)(H,49,51)(H,52,57);1H3,(H2,3,4)/t25-,26-,27+,28?,29?,38-,39?,42-;/m0./s1. The number of aromatic amines is 2. The number of rotatable bonds is 8. The van der Waals surface area contributed by atoms with Gasteiger partial charge in [0, 0.05) is 29.5 Å². The summed E-state index contributed by atoms with van der Waals surface area (Å²) in [6.07, 6.45) is 6.74. The molecule has 16 heteroatoms. The zero-order valence-electron chi connectivity index (χ0n) is 38.6. The maximum Gasteiger partial charge on any atom is 0.407 e. The Labute approximate surface area is 379 Å². The largest absolute Gasteiger partial charge is 0.488 e. The normalized spacial score (nSPS) is 24.2. The van der Waals surface area contributed by atoms with E-state index in [0.29, 0.717) is 18.9 Å². The fraction of sp³-hybridized carbons (Fsp3) is 0.510. The lowest BCUT2D eigenvalue weighted by atomic mass is 9.89. The minimum Gasteiger partial charge on any atom is -0.488 e. The third kappa shape index (κ3) is 9.22. The van der Waals surface area contributed by atoms with Gasteiger partial charge in [0.05, 0.1) is 61.4 Å². The number of primary amides is 1. The van der Waals surface area contributed by atoms with Gasteiger partial charge in [-0.2, -0.15) is 0 Å². The highest BCUT2D eigenvalue weighted by atomic mass is 16.5. The second-order valence-corrected chi connectivity index (χ2v) is 18.6. The number of amides is 4. The van der Waals surface area contributed by atoms with Crippen LogP contribution in [-0.4, -0.2) is 98.3 Å². The van der Waals surface area contributed by atoms with E-state index in [-0.39, 0.29) is 54.1 Å². The maximum atomic E-state index is 14.0. The van der Waals surface area contributed by atoms with Crippen molar-refractivity contribution >= 4 is 45.8 Å². The molecule has 0 aliphatic carbocycles. The Bertz CT molecular complexity index is 2580. The SMILES string of the molecule is COC(=O)N[C@H](C(=O)N1C(c2nc3c(ccc4cc5c(cc43)OCc3cc(-c4cnc([C@@H]6CC[C@H](C)N6C(=O)CC6CC(C)O[C@H](C)C6)[nH]4)ccc3-5)[nH]2)CC[C@@H]1C)C(C)C.COC(N)=O. The van der Waals surface area contributed by atoms with Gasteiger partial charge in [-0.1, -0.05) is 32.0 Å². The van der Waals surface area contributed by atoms with Crippen LogP contribution in [0, 0.1) is 11.8 Å². The van der Waals surface area contributed by atoms with Crippen LogP contribution >= 0.6 is 0 Å². The molecule has 8 atom stereocenters. The van der Waals surface area contributed by atoms with Crippen LogP contribution in [0.15, 0.2) is 48.7 Å². The summed E-state index contributed by atoms with van der Waals surface area (Å²) in [5, 5.41) is 4.76. The number of nitrogens with one attached hydrogen (secondary N) is 3. The number of fused-ring (bicyclic) bond motifs is 6. The molecule has 0 spiro atoms. The quantitative estimate of drug-likeness (QED) is 0.117. The Morgan fingerprint density at radius 1 is 0.862 bits per heavy atom. The van der Waals surface area contributed by atoms with Crippen LogP contribution in [0.25, 0.3) is 44.2 Å². The Hall–Kier alpha value is -6.16. The number of carbonyl (C=O) groups excluding carboxylic acids is 4. The van der Waals surface area contributed by atoms with Crippen molar-refractivity contribution in [3.05, 3.63) is 65.9 Å². The van der Waals surface area contributed by atoms with E-state index in [1.807, 2.05) is 31.9 Å². The molecule has 4 amide bonds. The number of likely N-dealkylation sites (tertiary alicyclic amines) is 2. The molecule has 4 aliphatic rings. The number of imidazole rings is 2. The Morgan fingerprint density at radius 2 is 1.55 bits per heavy atom. The summed E-state index contributed by atoms with van der Waals surface area (Å²) in [4.78, 5) is 70.3. The first kappa shape index (κ1) is 45.4. The van der Waals surface area contributed by atoms with E-state index in [2.05, 4.69) is 93.9 Å². The summed E-state index contributed by atoms with van der Waals surface area (Å²) in [6.45, 7) is 12.7. The lowest BCUT2D eigenvalue weighted by Gasteiger charge is -2.34. The predicted octanol–water partition coefficient (Wildman–Crippen LogP) is 8.46. The van der Waals surface area contributed by atoms with Crippen molar-refractivity contribution in [3.63, 3.8) is 0 Å². The first-order valence-corrected chi connectivity index (χ1v) is 22.9. The molecular formula is C49H62N8O8. The fourth-order valence-corrected chi connectivity index (χ4v) is 10.5. The minimum atomic E-state index is -0.745. The Balaban J connectivity index is 0.00000109. The van der Waals surface area contributed by atoms with E-state index in [4.69, 9.17) is 24.2 Å². The van der Waals surface area contributed by atoms with Crippen LogP contribution in [-0.2, 0) is 30.4 Å². The van der Waals surface area contributed by atoms with E-state index >= 15 is 0 Å². The lowest BCUT2D eigenvalue weighted by Crippen LogP contribution is -2.52. The summed E-state index contributed by atoms with van der Waals surface area (Å²) < 4.78 is 21.1. The number of nitrogens with zero attached hydrogens (tertiary/aromatic N) is 4. The van der Waals surface area contributed by atoms with Gasteiger partial charge in [0.2, 0.25) is 11.8 Å². The number of methoxy groups -OCH3 is 2. The average molecular weight is 891 g/mol. The molecule has 6 heterocycles. The molecule has 4 aliphatic heterocycles. The van der Waals surface area contributed by atoms with Gasteiger partial charge >= 0.3 is 12.2 Å². The van der Waals surface area contributed by atoms with Crippen LogP contribution < -0.4 is 15.8 Å². The van der Waals surface area contributed by atoms with E-state index < -0.39 is 18.2 Å². The first-order chi connectivity index (χ1) is 31.1. The molecule has 346 valence electrons. The van der Waals surface area contributed by atoms with Gasteiger partial charge in [-0.25, -0.2) is 19.6 Å². The molecule has 2 aromatic heterocycles. The van der Waals surface area contributed by atoms with Crippen LogP contribution in [0.5, 0.6) is 5.75 Å². The second-order valence-electron chi connectivity index (χ2n) is 18.6. The van der Waals surface area contributed by atoms with Gasteiger partial charge in [-0.05, 0) is 124 Å². The summed E-state index contributed by atoms with van der Waals surface area (Å²) in [7, 11) is 2.53. The van der Waals surface area contributed by atoms with Crippen molar-refractivity contribution in [2.45, 2.75) is 136 Å². The topological polar surface area (TPSA) is 207 Å². The van der Waals surface area contributed by atoms with Gasteiger partial charge < -0.3 is 49.8 Å². The third-order valence-corrected chi connectivity index (χ3v) is 13.6. The van der Waals surface area contributed by atoms with Crippen molar-refractivity contribution < 1.29 is 38.1 Å². The Kier molecular flexibility index (Phi) is 13.1. The highest BCUT2D eigenvalue weighted by Crippen LogP contribution is 2.44. The van der Waals surface area contributed by atoms with Crippen LogP contribution in [0.3, 0.4) is 0 Å². The molecule has 3 fully saturated rings. The van der Waals surface area contributed by atoms with Gasteiger partial charge in [-0.15, -0.1) is 0 Å². The number of nitrogens with two attached hydrogens (primary N) is 1. The molecule has 16 nitrogen and oxygen atoms in total. The highest BCUT2D eigenvalue weighted by Gasteiger charge is 2.42. The number of alkyl carbamates (subject to hydrolysis) is 1. The number of carbonyl (C=O) groups is 4. The molecule has 3 unspecified atom stereocenters. The lowest BCUT2D eigenvalue weighted by molar-refractivity contribution is -0.138. The second kappa shape index (κ2) is 18.7. The fourth-order valence-electron chi connectivity index (χ4n) is 10.5. The van der Waals surface area contributed by atoms with Crippen molar-refractivity contribution in [2.24, 2.45) is 17.6 Å². The molecular weight excluding hydrogens is 829 g/mol. The number of ether oxygens (including phenoxy) is 4. The Morgan fingerprint density at radius 3 is 2.23 bits per heavy atom. The summed E-state index contributed by atoms with van der Waals surface area (Å²) in [6, 6.07) is 14.0. The third-order valence-electron chi connectivity index (χ3n) is 13.6. The zero-order chi connectivity index (χ0) is 46.3. The van der Waals surface area contributed by atoms with Gasteiger partial charge in [0.15, 0.2) is 0 Å². The molecule has 3 saturated heterocycles. The van der Waals surface area contributed by atoms with Crippen molar-refractivity contribution in [1.82, 2.24) is 35.1 Å². The zero-order valence-corrected chi connectivity index (χ0v) is 38.6. The predicted molar refractivity (Wildman–Crippen MR) is 246 cm³/mol. The van der Waals surface area contributed by atoms with Gasteiger partial charge in [0.25, 0.3) is 0 Å². The summed E-state index contributed by atoms with van der Waals surface area (Å²) in [5.41, 5.74) is 11.3. The number of hydrogen-bond donors (Lipinski definition) is 4. The molecule has 3 aromatic carbocycles. The van der Waals surface area contributed by atoms with Crippen LogP contribution in [0.1, 0.15) is 116 Å². The van der Waals surface area contributed by atoms with Crippen LogP contribution in [0.2, 0.25) is 0 Å². The maximum absolute atomic E-state index is 14.0. The molecule has 0 saturated carbocycles. The van der Waals surface area contributed by atoms with E-state index in [1.165, 1.54) is 14.2 Å². The molecule has 5 aromatic rings. The molecule has 5 N–H and O–H groups in total. The number of H-pyrrole nitrogens is 2. The minimum absolute atomic E-state index is 0.0119. The van der Waals surface area contributed by atoms with Crippen molar-refractivity contribution in [2.75, 3.05) is 14.2 Å². The molecule has 9 rings (SSSR count). The highest BCUT2D eigenvalue weighted by molar-refractivity contribution is 6.07. The van der Waals surface area contributed by atoms with Crippen molar-refractivity contribution in [1.29, 1.82) is 0 Å². The van der Waals surface area contributed by atoms with Gasteiger partial charge in [0.1, 0.15) is 30.0 Å². The molecule has 0 radical (unpaired) electrons. The first-order valence-electron chi connectivity index (χ1n) is 22.9. The smallest absolute Gasteiger partial charge is 0.407 e. The number of benzene rings is 3. The van der Waals surface area contributed by atoms with E-state index in [9.17, 15) is 19.2 Å². The summed E-state index contributed by atoms with van der Waals surface area (Å²) in [5.74, 6) is 2.67. The monoisotopic (exact) mass is 890 g/mol. The van der Waals surface area contributed by atoms with Crippen LogP contribution in [0.4, 0.5) is 9.59 Å². The molecule has 0 bridgehead atoms. The number of hydrogen-bond acceptors (Lipinski definition) is 10. The van der Waals surface area contributed by atoms with Gasteiger partial charge in [-0.3, -0.25) is 9.59 Å². The summed E-state index contributed by atoms with van der Waals surface area (Å²) >= 11 is 0. The number of aromatic nitrogens is 4. The van der Waals surface area contributed by atoms with E-state index in [1.54, 1.807) is 0 Å².